The molecule has 1 amide bonds. The zero-order chi connectivity index (χ0) is 17.9. The summed E-state index contributed by atoms with van der Waals surface area (Å²) >= 11 is 0. The molecule has 0 bridgehead atoms. The number of hydrogen-bond donors (Lipinski definition) is 1. The largest absolute Gasteiger partial charge is 0.366 e. The van der Waals surface area contributed by atoms with E-state index >= 15 is 0 Å². The van der Waals surface area contributed by atoms with Crippen LogP contribution in [0.15, 0.2) is 36.7 Å². The maximum atomic E-state index is 13.0. The smallest absolute Gasteiger partial charge is 0.278 e. The molecule has 5 nitrogen and oxygen atoms in total. The minimum atomic E-state index is -0.0732. The Hall–Kier alpha value is -2.43. The summed E-state index contributed by atoms with van der Waals surface area (Å²) < 4.78 is 0. The van der Waals surface area contributed by atoms with Crippen molar-refractivity contribution in [2.24, 2.45) is 0 Å². The van der Waals surface area contributed by atoms with E-state index in [0.717, 1.165) is 17.9 Å². The van der Waals surface area contributed by atoms with Gasteiger partial charge in [0.25, 0.3) is 5.91 Å². The SMILES string of the molecule is CC1Cc2ccccc2N1C(=O)c1cnc(NC2CCCCCC2)cn1. The summed E-state index contributed by atoms with van der Waals surface area (Å²) in [5.41, 5.74) is 2.61. The minimum Gasteiger partial charge on any atom is -0.366 e. The van der Waals surface area contributed by atoms with Crippen LogP contribution in [0.2, 0.25) is 0 Å². The van der Waals surface area contributed by atoms with E-state index in [1.165, 1.54) is 44.1 Å². The van der Waals surface area contributed by atoms with Gasteiger partial charge in [0, 0.05) is 17.8 Å². The van der Waals surface area contributed by atoms with Gasteiger partial charge in [-0.1, -0.05) is 43.9 Å². The van der Waals surface area contributed by atoms with Gasteiger partial charge in [0.15, 0.2) is 0 Å². The molecular weight excluding hydrogens is 324 g/mol. The van der Waals surface area contributed by atoms with E-state index in [9.17, 15) is 4.79 Å². The number of carbonyl (C=O) groups excluding carboxylic acids is 1. The topological polar surface area (TPSA) is 58.1 Å². The first-order valence-corrected chi connectivity index (χ1v) is 9.72. The van der Waals surface area contributed by atoms with Crippen molar-refractivity contribution in [3.8, 4) is 0 Å². The number of nitrogens with zero attached hydrogens (tertiary/aromatic N) is 3. The standard InChI is InChI=1S/C21H26N4O/c1-15-12-16-8-6-7-11-19(16)25(15)21(26)18-13-23-20(14-22-18)24-17-9-4-2-3-5-10-17/h6-8,11,13-15,17H,2-5,9-10,12H2,1H3,(H,23,24). The highest BCUT2D eigenvalue weighted by Crippen LogP contribution is 2.32. The lowest BCUT2D eigenvalue weighted by molar-refractivity contribution is 0.0976. The number of amides is 1. The molecule has 2 aromatic rings. The molecule has 1 N–H and O–H groups in total. The van der Waals surface area contributed by atoms with Crippen molar-refractivity contribution in [1.82, 2.24) is 9.97 Å². The van der Waals surface area contributed by atoms with Crippen LogP contribution >= 0.6 is 0 Å². The Bertz CT molecular complexity index is 766. The van der Waals surface area contributed by atoms with Gasteiger partial charge in [-0.3, -0.25) is 4.79 Å². The van der Waals surface area contributed by atoms with Crippen molar-refractivity contribution < 1.29 is 4.79 Å². The quantitative estimate of drug-likeness (QED) is 0.843. The maximum absolute atomic E-state index is 13.0. The van der Waals surface area contributed by atoms with Crippen molar-refractivity contribution in [3.63, 3.8) is 0 Å². The number of carbonyl (C=O) groups is 1. The second-order valence-corrected chi connectivity index (χ2v) is 7.48. The Morgan fingerprint density at radius 3 is 2.58 bits per heavy atom. The van der Waals surface area contributed by atoms with Crippen LogP contribution in [0.25, 0.3) is 0 Å². The molecule has 0 saturated heterocycles. The third-order valence-corrected chi connectivity index (χ3v) is 5.50. The fraction of sp³-hybridized carbons (Fsp3) is 0.476. The first kappa shape index (κ1) is 17.0. The zero-order valence-electron chi connectivity index (χ0n) is 15.3. The van der Waals surface area contributed by atoms with Crippen molar-refractivity contribution in [1.29, 1.82) is 0 Å². The van der Waals surface area contributed by atoms with Gasteiger partial charge in [0.05, 0.1) is 12.4 Å². The van der Waals surface area contributed by atoms with E-state index < -0.39 is 0 Å². The van der Waals surface area contributed by atoms with E-state index in [2.05, 4.69) is 28.3 Å². The van der Waals surface area contributed by atoms with Gasteiger partial charge in [0.2, 0.25) is 0 Å². The predicted molar refractivity (Wildman–Crippen MR) is 104 cm³/mol. The molecule has 5 heteroatoms. The van der Waals surface area contributed by atoms with Crippen LogP contribution in [-0.4, -0.2) is 28.0 Å². The molecule has 1 aliphatic heterocycles. The highest BCUT2D eigenvalue weighted by Gasteiger charge is 2.32. The number of hydrogen-bond acceptors (Lipinski definition) is 4. The summed E-state index contributed by atoms with van der Waals surface area (Å²) in [5.74, 6) is 0.694. The normalized spacial score (nSPS) is 20.5. The van der Waals surface area contributed by atoms with Gasteiger partial charge in [0.1, 0.15) is 11.5 Å². The molecule has 1 aliphatic carbocycles. The fourth-order valence-electron chi connectivity index (χ4n) is 4.14. The Morgan fingerprint density at radius 1 is 1.08 bits per heavy atom. The first-order chi connectivity index (χ1) is 12.7. The molecule has 0 spiro atoms. The van der Waals surface area contributed by atoms with Crippen LogP contribution in [0.4, 0.5) is 11.5 Å². The first-order valence-electron chi connectivity index (χ1n) is 9.72. The number of aromatic nitrogens is 2. The Labute approximate surface area is 154 Å². The van der Waals surface area contributed by atoms with Crippen LogP contribution in [-0.2, 0) is 6.42 Å². The number of nitrogens with one attached hydrogen (secondary N) is 1. The zero-order valence-corrected chi connectivity index (χ0v) is 15.3. The van der Waals surface area contributed by atoms with Crippen LogP contribution in [0.1, 0.15) is 61.5 Å². The Kier molecular flexibility index (Phi) is 4.87. The lowest BCUT2D eigenvalue weighted by Gasteiger charge is -2.22. The third kappa shape index (κ3) is 3.43. The Morgan fingerprint density at radius 2 is 1.85 bits per heavy atom. The second-order valence-electron chi connectivity index (χ2n) is 7.48. The number of anilines is 2. The molecule has 0 radical (unpaired) electrons. The third-order valence-electron chi connectivity index (χ3n) is 5.50. The molecular formula is C21H26N4O. The van der Waals surface area contributed by atoms with E-state index in [0.29, 0.717) is 11.7 Å². The van der Waals surface area contributed by atoms with E-state index in [1.54, 1.807) is 12.4 Å². The van der Waals surface area contributed by atoms with Crippen molar-refractivity contribution in [3.05, 3.63) is 47.9 Å². The molecule has 1 atom stereocenters. The number of rotatable bonds is 3. The summed E-state index contributed by atoms with van der Waals surface area (Å²) in [7, 11) is 0. The molecule has 136 valence electrons. The monoisotopic (exact) mass is 350 g/mol. The average Bonchev–Trinajstić information content (AvgIpc) is 2.81. The summed E-state index contributed by atoms with van der Waals surface area (Å²) in [4.78, 5) is 23.7. The van der Waals surface area contributed by atoms with E-state index in [1.807, 2.05) is 23.1 Å². The van der Waals surface area contributed by atoms with Gasteiger partial charge in [-0.15, -0.1) is 0 Å². The molecule has 1 aromatic heterocycles. The van der Waals surface area contributed by atoms with E-state index in [4.69, 9.17) is 0 Å². The van der Waals surface area contributed by atoms with Gasteiger partial charge in [-0.25, -0.2) is 9.97 Å². The van der Waals surface area contributed by atoms with E-state index in [-0.39, 0.29) is 11.9 Å². The molecule has 2 heterocycles. The lowest BCUT2D eigenvalue weighted by Crippen LogP contribution is -2.36. The maximum Gasteiger partial charge on any atom is 0.278 e. The van der Waals surface area contributed by atoms with Gasteiger partial charge in [-0.05, 0) is 37.8 Å². The van der Waals surface area contributed by atoms with Gasteiger partial charge >= 0.3 is 0 Å². The number of para-hydroxylation sites is 1. The molecule has 1 saturated carbocycles. The van der Waals surface area contributed by atoms with Crippen molar-refractivity contribution in [2.45, 2.75) is 64.0 Å². The molecule has 1 aromatic carbocycles. The highest BCUT2D eigenvalue weighted by atomic mass is 16.2. The summed E-state index contributed by atoms with van der Waals surface area (Å²) in [6, 6.07) is 8.70. The molecule has 4 rings (SSSR count). The second kappa shape index (κ2) is 7.44. The molecule has 1 fully saturated rings. The van der Waals surface area contributed by atoms with Crippen LogP contribution in [0, 0.1) is 0 Å². The number of fused-ring (bicyclic) bond motifs is 1. The summed E-state index contributed by atoms with van der Waals surface area (Å²) in [5, 5.41) is 3.48. The molecule has 2 aliphatic rings. The molecule has 1 unspecified atom stereocenters. The van der Waals surface area contributed by atoms with Gasteiger partial charge < -0.3 is 10.2 Å². The lowest BCUT2D eigenvalue weighted by atomic mass is 10.1. The van der Waals surface area contributed by atoms with Crippen LogP contribution in [0.3, 0.4) is 0 Å². The van der Waals surface area contributed by atoms with Crippen LogP contribution < -0.4 is 10.2 Å². The average molecular weight is 350 g/mol. The minimum absolute atomic E-state index is 0.0732. The molecule has 26 heavy (non-hydrogen) atoms. The Balaban J connectivity index is 1.47. The summed E-state index contributed by atoms with van der Waals surface area (Å²) in [6.45, 7) is 2.08. The summed E-state index contributed by atoms with van der Waals surface area (Å²) in [6.07, 6.45) is 11.8. The van der Waals surface area contributed by atoms with Crippen molar-refractivity contribution in [2.75, 3.05) is 10.2 Å². The van der Waals surface area contributed by atoms with Crippen molar-refractivity contribution >= 4 is 17.4 Å². The predicted octanol–water partition coefficient (Wildman–Crippen LogP) is 4.20. The fourth-order valence-corrected chi connectivity index (χ4v) is 4.14. The van der Waals surface area contributed by atoms with Crippen LogP contribution in [0.5, 0.6) is 0 Å². The van der Waals surface area contributed by atoms with Gasteiger partial charge in [-0.2, -0.15) is 0 Å². The number of benzene rings is 1. The highest BCUT2D eigenvalue weighted by molar-refractivity contribution is 6.06.